The number of pyridine rings is 1. The molecule has 0 spiro atoms. The Morgan fingerprint density at radius 2 is 2.10 bits per heavy atom. The quantitative estimate of drug-likeness (QED) is 0.623. The fraction of sp³-hybridized carbons (Fsp3) is 0.333. The summed E-state index contributed by atoms with van der Waals surface area (Å²) in [6.45, 7) is 5.66. The summed E-state index contributed by atoms with van der Waals surface area (Å²) < 4.78 is 9.64. The van der Waals surface area contributed by atoms with E-state index in [-0.39, 0.29) is 5.91 Å². The van der Waals surface area contributed by atoms with Crippen LogP contribution < -0.4 is 4.74 Å². The van der Waals surface area contributed by atoms with Gasteiger partial charge in [0, 0.05) is 49.6 Å². The minimum atomic E-state index is 0.000621. The number of aryl methyl sites for hydroxylation is 1. The smallest absolute Gasteiger partial charge is 0.245 e. The van der Waals surface area contributed by atoms with Crippen molar-refractivity contribution in [2.24, 2.45) is 24.8 Å². The third kappa shape index (κ3) is 2.86. The number of fused-ring (bicyclic) bond motifs is 2. The van der Waals surface area contributed by atoms with Gasteiger partial charge < -0.3 is 9.64 Å². The first-order valence-electron chi connectivity index (χ1n) is 9.53. The van der Waals surface area contributed by atoms with E-state index in [9.17, 15) is 10.1 Å². The molecule has 1 amide bonds. The summed E-state index contributed by atoms with van der Waals surface area (Å²) in [4.78, 5) is 13.6. The number of ether oxygens (including phenoxy) is 1. The average Bonchev–Trinajstić information content (AvgIpc) is 3.19. The zero-order valence-corrected chi connectivity index (χ0v) is 16.0. The van der Waals surface area contributed by atoms with E-state index >= 15 is 0 Å². The van der Waals surface area contributed by atoms with Crippen molar-refractivity contribution in [1.82, 2.24) is 24.3 Å². The van der Waals surface area contributed by atoms with E-state index < -0.39 is 0 Å². The predicted octanol–water partition coefficient (Wildman–Crippen LogP) is 1.88. The molecule has 1 aliphatic carbocycles. The topological polar surface area (TPSA) is 88.5 Å². The number of aromatic nitrogens is 4. The molecule has 29 heavy (non-hydrogen) atoms. The highest BCUT2D eigenvalue weighted by molar-refractivity contribution is 5.87. The van der Waals surface area contributed by atoms with Crippen molar-refractivity contribution in [2.75, 3.05) is 19.7 Å². The van der Waals surface area contributed by atoms with Gasteiger partial charge in [-0.1, -0.05) is 6.58 Å². The van der Waals surface area contributed by atoms with Crippen LogP contribution in [-0.4, -0.2) is 49.9 Å². The van der Waals surface area contributed by atoms with Crippen LogP contribution in [0.4, 0.5) is 0 Å². The fourth-order valence-electron chi connectivity index (χ4n) is 4.40. The van der Waals surface area contributed by atoms with Crippen LogP contribution in [0.15, 0.2) is 43.5 Å². The van der Waals surface area contributed by atoms with Gasteiger partial charge in [-0.3, -0.25) is 9.48 Å². The largest absolute Gasteiger partial charge is 0.491 e. The summed E-state index contributed by atoms with van der Waals surface area (Å²) in [6.07, 6.45) is 8.52. The van der Waals surface area contributed by atoms with Crippen LogP contribution in [-0.2, 0) is 11.8 Å². The summed E-state index contributed by atoms with van der Waals surface area (Å²) >= 11 is 0. The highest BCUT2D eigenvalue weighted by Gasteiger charge is 2.56. The van der Waals surface area contributed by atoms with Crippen LogP contribution >= 0.6 is 0 Å². The molecule has 4 heterocycles. The molecule has 2 fully saturated rings. The molecule has 3 aromatic rings. The lowest BCUT2D eigenvalue weighted by atomic mass is 10.1. The Morgan fingerprint density at radius 3 is 2.76 bits per heavy atom. The minimum absolute atomic E-state index is 0.000621. The second-order valence-electron chi connectivity index (χ2n) is 7.71. The third-order valence-corrected chi connectivity index (χ3v) is 6.02. The number of nitrogens with zero attached hydrogens (tertiary/aromatic N) is 6. The van der Waals surface area contributed by atoms with Crippen LogP contribution in [0.1, 0.15) is 5.56 Å². The van der Waals surface area contributed by atoms with Gasteiger partial charge in [0.1, 0.15) is 22.9 Å². The fourth-order valence-corrected chi connectivity index (χ4v) is 4.40. The molecular formula is C21H20N6O2. The van der Waals surface area contributed by atoms with E-state index in [1.54, 1.807) is 21.6 Å². The highest BCUT2D eigenvalue weighted by atomic mass is 16.5. The Hall–Kier alpha value is -3.60. The average molecular weight is 388 g/mol. The van der Waals surface area contributed by atoms with Gasteiger partial charge in [0.25, 0.3) is 0 Å². The van der Waals surface area contributed by atoms with Gasteiger partial charge in [0.15, 0.2) is 0 Å². The summed E-state index contributed by atoms with van der Waals surface area (Å²) in [7, 11) is 1.87. The van der Waals surface area contributed by atoms with Crippen LogP contribution in [0, 0.1) is 29.1 Å². The van der Waals surface area contributed by atoms with Gasteiger partial charge >= 0.3 is 0 Å². The van der Waals surface area contributed by atoms with E-state index in [2.05, 4.69) is 22.8 Å². The van der Waals surface area contributed by atoms with Gasteiger partial charge in [-0.2, -0.15) is 15.5 Å². The van der Waals surface area contributed by atoms with Crippen LogP contribution in [0.2, 0.25) is 0 Å². The summed E-state index contributed by atoms with van der Waals surface area (Å²) in [5.74, 6) is 2.04. The number of rotatable bonds is 5. The molecule has 1 saturated heterocycles. The number of carbonyl (C=O) groups excluding carboxylic acids is 1. The zero-order valence-electron chi connectivity index (χ0n) is 16.0. The van der Waals surface area contributed by atoms with Gasteiger partial charge in [0.05, 0.1) is 19.0 Å². The first-order chi connectivity index (χ1) is 14.1. The number of hydrogen-bond donors (Lipinski definition) is 0. The van der Waals surface area contributed by atoms with E-state index in [4.69, 9.17) is 4.74 Å². The maximum atomic E-state index is 11.8. The van der Waals surface area contributed by atoms with E-state index in [1.165, 1.54) is 6.08 Å². The first kappa shape index (κ1) is 17.5. The molecule has 8 heteroatoms. The molecule has 0 bridgehead atoms. The number of nitriles is 1. The SMILES string of the molecule is C=CC(=O)N1CC2C(COc3cc(-c4cnn(C)c4)cn4ncc(C#N)c34)C2C1. The second kappa shape index (κ2) is 6.48. The second-order valence-corrected chi connectivity index (χ2v) is 7.71. The Bertz CT molecular complexity index is 1160. The van der Waals surface area contributed by atoms with Crippen molar-refractivity contribution < 1.29 is 9.53 Å². The lowest BCUT2D eigenvalue weighted by Gasteiger charge is -2.18. The highest BCUT2D eigenvalue weighted by Crippen LogP contribution is 2.52. The van der Waals surface area contributed by atoms with Crippen molar-refractivity contribution in [3.05, 3.63) is 49.1 Å². The van der Waals surface area contributed by atoms with Crippen molar-refractivity contribution in [2.45, 2.75) is 0 Å². The predicted molar refractivity (Wildman–Crippen MR) is 105 cm³/mol. The van der Waals surface area contributed by atoms with Crippen molar-refractivity contribution in [1.29, 1.82) is 5.26 Å². The molecule has 1 saturated carbocycles. The van der Waals surface area contributed by atoms with Gasteiger partial charge in [-0.15, -0.1) is 0 Å². The maximum Gasteiger partial charge on any atom is 0.245 e. The van der Waals surface area contributed by atoms with Crippen molar-refractivity contribution in [3.8, 4) is 22.9 Å². The number of piperidine rings is 1. The molecule has 0 aromatic carbocycles. The standard InChI is InChI=1S/C21H20N6O2/c1-3-20(28)26-10-16-17(11-26)18(16)12-29-19-4-13(15-7-23-25(2)8-15)9-27-21(19)14(5-22)6-24-27/h3-4,6-9,16-18H,1,10-12H2,2H3. The monoisotopic (exact) mass is 388 g/mol. The Labute approximate surface area is 167 Å². The molecule has 3 aromatic heterocycles. The maximum absolute atomic E-state index is 11.8. The molecule has 2 unspecified atom stereocenters. The molecule has 146 valence electrons. The number of amides is 1. The van der Waals surface area contributed by atoms with Crippen LogP contribution in [0.5, 0.6) is 5.75 Å². The van der Waals surface area contributed by atoms with Gasteiger partial charge in [-0.25, -0.2) is 4.52 Å². The summed E-state index contributed by atoms with van der Waals surface area (Å²) in [5, 5.41) is 18.0. The zero-order chi connectivity index (χ0) is 20.1. The Morgan fingerprint density at radius 1 is 1.31 bits per heavy atom. The molecule has 1 aliphatic heterocycles. The lowest BCUT2D eigenvalue weighted by molar-refractivity contribution is -0.125. The van der Waals surface area contributed by atoms with Crippen LogP contribution in [0.25, 0.3) is 16.6 Å². The Balaban J connectivity index is 1.38. The van der Waals surface area contributed by atoms with Gasteiger partial charge in [-0.05, 0) is 24.0 Å². The Kier molecular flexibility index (Phi) is 3.91. The molecule has 2 aliphatic rings. The molecule has 5 rings (SSSR count). The lowest BCUT2D eigenvalue weighted by Crippen LogP contribution is -2.30. The molecular weight excluding hydrogens is 368 g/mol. The van der Waals surface area contributed by atoms with E-state index in [0.29, 0.717) is 41.2 Å². The molecule has 0 radical (unpaired) electrons. The number of hydrogen-bond acceptors (Lipinski definition) is 5. The minimum Gasteiger partial charge on any atom is -0.491 e. The van der Waals surface area contributed by atoms with Crippen molar-refractivity contribution >= 4 is 11.4 Å². The normalized spacial score (nSPS) is 22.3. The molecule has 0 N–H and O–H groups in total. The number of carbonyl (C=O) groups is 1. The van der Waals surface area contributed by atoms with E-state index in [0.717, 1.165) is 24.2 Å². The van der Waals surface area contributed by atoms with Gasteiger partial charge in [0.2, 0.25) is 5.91 Å². The third-order valence-electron chi connectivity index (χ3n) is 6.02. The van der Waals surface area contributed by atoms with Crippen molar-refractivity contribution in [3.63, 3.8) is 0 Å². The summed E-state index contributed by atoms with van der Waals surface area (Å²) in [6, 6.07) is 4.13. The van der Waals surface area contributed by atoms with Crippen LogP contribution in [0.3, 0.4) is 0 Å². The molecule has 8 nitrogen and oxygen atoms in total. The molecule has 2 atom stereocenters. The number of likely N-dealkylation sites (tertiary alicyclic amines) is 1. The van der Waals surface area contributed by atoms with E-state index in [1.807, 2.05) is 30.4 Å². The summed E-state index contributed by atoms with van der Waals surface area (Å²) in [5.41, 5.74) is 3.04. The first-order valence-corrected chi connectivity index (χ1v) is 9.53.